The van der Waals surface area contributed by atoms with Gasteiger partial charge < -0.3 is 24.8 Å². The van der Waals surface area contributed by atoms with E-state index in [4.69, 9.17) is 9.47 Å². The Morgan fingerprint density at radius 1 is 1.53 bits per heavy atom. The van der Waals surface area contributed by atoms with Crippen molar-refractivity contribution in [1.29, 1.82) is 0 Å². The minimum Gasteiger partial charge on any atom is -0.507 e. The van der Waals surface area contributed by atoms with Gasteiger partial charge in [0.25, 0.3) is 0 Å². The maximum Gasteiger partial charge on any atom is 0.342 e. The van der Waals surface area contributed by atoms with Crippen LogP contribution in [0.4, 0.5) is 0 Å². The first kappa shape index (κ1) is 13.6. The molecule has 1 aromatic carbocycles. The van der Waals surface area contributed by atoms with E-state index < -0.39 is 24.3 Å². The number of ether oxygens (including phenoxy) is 2. The van der Waals surface area contributed by atoms with Gasteiger partial charge in [0.05, 0.1) is 13.7 Å². The van der Waals surface area contributed by atoms with E-state index in [1.807, 2.05) is 0 Å². The van der Waals surface area contributed by atoms with Crippen LogP contribution in [0, 0.1) is 6.92 Å². The Bertz CT molecular complexity index is 534. The maximum absolute atomic E-state index is 11.9. The fraction of sp³-hybridized carbons (Fsp3) is 0.462. The lowest BCUT2D eigenvalue weighted by Gasteiger charge is -2.38. The topological polar surface area (TPSA) is 96.2 Å². The number of aromatic hydroxyl groups is 1. The Kier molecular flexibility index (Phi) is 3.15. The lowest BCUT2D eigenvalue weighted by molar-refractivity contribution is -0.107. The highest BCUT2D eigenvalue weighted by Crippen LogP contribution is 2.43. The van der Waals surface area contributed by atoms with E-state index in [0.29, 0.717) is 11.3 Å². The third kappa shape index (κ3) is 1.84. The van der Waals surface area contributed by atoms with Crippen molar-refractivity contribution in [2.75, 3.05) is 13.7 Å². The van der Waals surface area contributed by atoms with Crippen LogP contribution in [0.3, 0.4) is 0 Å². The number of methoxy groups -OCH3 is 1. The number of phenols is 1. The number of aliphatic hydroxyl groups excluding tert-OH is 1. The zero-order valence-corrected chi connectivity index (χ0v) is 10.9. The molecule has 0 radical (unpaired) electrons. The van der Waals surface area contributed by atoms with Crippen molar-refractivity contribution in [1.82, 2.24) is 0 Å². The summed E-state index contributed by atoms with van der Waals surface area (Å²) in [6.45, 7) is 2.57. The number of fused-ring (bicyclic) bond motifs is 1. The van der Waals surface area contributed by atoms with Gasteiger partial charge in [-0.3, -0.25) is 0 Å². The standard InChI is InChI=1S/C13H16O6/c1-6-8(18-3)4-7(15)10-11(6)13(2,17)9(5-14)19-12(10)16/h4,9,14-15,17H,5H2,1-3H3/t9-,13-/m0/s1. The van der Waals surface area contributed by atoms with Gasteiger partial charge >= 0.3 is 5.97 Å². The summed E-state index contributed by atoms with van der Waals surface area (Å²) >= 11 is 0. The minimum absolute atomic E-state index is 0.0898. The smallest absolute Gasteiger partial charge is 0.342 e. The Labute approximate surface area is 110 Å². The van der Waals surface area contributed by atoms with Crippen LogP contribution in [0.2, 0.25) is 0 Å². The van der Waals surface area contributed by atoms with Crippen molar-refractivity contribution >= 4 is 5.97 Å². The Morgan fingerprint density at radius 3 is 2.68 bits per heavy atom. The molecule has 0 aliphatic carbocycles. The number of aliphatic hydroxyl groups is 2. The molecule has 0 bridgehead atoms. The number of phenolic OH excluding ortho intramolecular Hbond substituents is 1. The molecule has 1 aromatic rings. The van der Waals surface area contributed by atoms with Crippen LogP contribution in [0.15, 0.2) is 6.07 Å². The summed E-state index contributed by atoms with van der Waals surface area (Å²) in [5.41, 5.74) is -0.947. The maximum atomic E-state index is 11.9. The van der Waals surface area contributed by atoms with E-state index in [0.717, 1.165) is 0 Å². The van der Waals surface area contributed by atoms with Crippen LogP contribution in [0.5, 0.6) is 11.5 Å². The van der Waals surface area contributed by atoms with E-state index in [1.165, 1.54) is 20.1 Å². The predicted octanol–water partition coefficient (Wildman–Crippen LogP) is 0.448. The third-order valence-electron chi connectivity index (χ3n) is 3.49. The van der Waals surface area contributed by atoms with Crippen LogP contribution in [-0.2, 0) is 10.3 Å². The molecule has 3 N–H and O–H groups in total. The second-order valence-electron chi connectivity index (χ2n) is 4.70. The summed E-state index contributed by atoms with van der Waals surface area (Å²) in [5.74, 6) is -0.745. The van der Waals surface area contributed by atoms with E-state index >= 15 is 0 Å². The van der Waals surface area contributed by atoms with Crippen molar-refractivity contribution in [3.05, 3.63) is 22.8 Å². The summed E-state index contributed by atoms with van der Waals surface area (Å²) in [6, 6.07) is 1.30. The van der Waals surface area contributed by atoms with Gasteiger partial charge in [-0.1, -0.05) is 0 Å². The molecule has 0 amide bonds. The van der Waals surface area contributed by atoms with Crippen molar-refractivity contribution in [2.24, 2.45) is 0 Å². The molecule has 0 fully saturated rings. The van der Waals surface area contributed by atoms with Gasteiger partial charge in [0.1, 0.15) is 22.7 Å². The first-order valence-corrected chi connectivity index (χ1v) is 5.79. The van der Waals surface area contributed by atoms with E-state index in [-0.39, 0.29) is 16.9 Å². The first-order chi connectivity index (χ1) is 8.84. The molecule has 0 saturated carbocycles. The van der Waals surface area contributed by atoms with Crippen LogP contribution < -0.4 is 4.74 Å². The number of cyclic esters (lactones) is 1. The highest BCUT2D eigenvalue weighted by Gasteiger charge is 2.46. The number of esters is 1. The van der Waals surface area contributed by atoms with Crippen LogP contribution in [0.1, 0.15) is 28.4 Å². The fourth-order valence-corrected chi connectivity index (χ4v) is 2.47. The summed E-state index contributed by atoms with van der Waals surface area (Å²) in [5, 5.41) is 29.7. The molecule has 0 spiro atoms. The average Bonchev–Trinajstić information content (AvgIpc) is 2.35. The normalized spacial score (nSPS) is 25.7. The molecule has 2 atom stereocenters. The van der Waals surface area contributed by atoms with Crippen molar-refractivity contribution in [2.45, 2.75) is 25.6 Å². The molecule has 104 valence electrons. The molecular weight excluding hydrogens is 252 g/mol. The second-order valence-corrected chi connectivity index (χ2v) is 4.70. The zero-order valence-electron chi connectivity index (χ0n) is 10.9. The SMILES string of the molecule is COc1cc(O)c2c(c1C)[C@@](C)(O)[C@H](CO)OC2=O. The van der Waals surface area contributed by atoms with E-state index in [2.05, 4.69) is 0 Å². The van der Waals surface area contributed by atoms with Gasteiger partial charge in [-0.2, -0.15) is 0 Å². The molecule has 1 aliphatic rings. The number of rotatable bonds is 2. The van der Waals surface area contributed by atoms with Crippen LogP contribution in [0.25, 0.3) is 0 Å². The van der Waals surface area contributed by atoms with Gasteiger partial charge in [-0.05, 0) is 19.4 Å². The van der Waals surface area contributed by atoms with Crippen molar-refractivity contribution in [3.63, 3.8) is 0 Å². The minimum atomic E-state index is -1.60. The molecule has 0 aromatic heterocycles. The number of benzene rings is 1. The zero-order chi connectivity index (χ0) is 14.4. The monoisotopic (exact) mass is 268 g/mol. The lowest BCUT2D eigenvalue weighted by Crippen LogP contribution is -2.47. The lowest BCUT2D eigenvalue weighted by atomic mass is 9.81. The van der Waals surface area contributed by atoms with Gasteiger partial charge in [0.2, 0.25) is 0 Å². The van der Waals surface area contributed by atoms with Crippen molar-refractivity contribution < 1.29 is 29.6 Å². The highest BCUT2D eigenvalue weighted by atomic mass is 16.6. The molecule has 19 heavy (non-hydrogen) atoms. The Balaban J connectivity index is 2.79. The summed E-state index contributed by atoms with van der Waals surface area (Å²) in [4.78, 5) is 11.9. The number of hydrogen-bond acceptors (Lipinski definition) is 6. The number of hydrogen-bond donors (Lipinski definition) is 3. The Hall–Kier alpha value is -1.79. The quantitative estimate of drug-likeness (QED) is 0.674. The van der Waals surface area contributed by atoms with Crippen LogP contribution in [-0.4, -0.2) is 41.1 Å². The molecular formula is C13H16O6. The average molecular weight is 268 g/mol. The number of carbonyl (C=O) groups is 1. The predicted molar refractivity (Wildman–Crippen MR) is 65.3 cm³/mol. The summed E-state index contributed by atoms with van der Waals surface area (Å²) in [6.07, 6.45) is -1.09. The van der Waals surface area contributed by atoms with Gasteiger partial charge in [-0.25, -0.2) is 4.79 Å². The molecule has 2 rings (SSSR count). The third-order valence-corrected chi connectivity index (χ3v) is 3.49. The van der Waals surface area contributed by atoms with E-state index in [1.54, 1.807) is 6.92 Å². The Morgan fingerprint density at radius 2 is 2.16 bits per heavy atom. The van der Waals surface area contributed by atoms with Gasteiger partial charge in [0, 0.05) is 11.6 Å². The molecule has 1 heterocycles. The summed E-state index contributed by atoms with van der Waals surface area (Å²) in [7, 11) is 1.42. The van der Waals surface area contributed by atoms with Gasteiger partial charge in [-0.15, -0.1) is 0 Å². The highest BCUT2D eigenvalue weighted by molar-refractivity contribution is 5.96. The molecule has 6 heteroatoms. The second kappa shape index (κ2) is 4.40. The fourth-order valence-electron chi connectivity index (χ4n) is 2.47. The molecule has 0 saturated heterocycles. The van der Waals surface area contributed by atoms with Crippen LogP contribution >= 0.6 is 0 Å². The van der Waals surface area contributed by atoms with Gasteiger partial charge in [0.15, 0.2) is 6.10 Å². The molecule has 1 aliphatic heterocycles. The largest absolute Gasteiger partial charge is 0.507 e. The molecule has 6 nitrogen and oxygen atoms in total. The molecule has 0 unspecified atom stereocenters. The summed E-state index contributed by atoms with van der Waals surface area (Å²) < 4.78 is 10.1. The first-order valence-electron chi connectivity index (χ1n) is 5.79. The van der Waals surface area contributed by atoms with Crippen molar-refractivity contribution in [3.8, 4) is 11.5 Å². The van der Waals surface area contributed by atoms with E-state index in [9.17, 15) is 20.1 Å². The number of carbonyl (C=O) groups excluding carboxylic acids is 1.